The molecule has 3 amide bonds. The van der Waals surface area contributed by atoms with Crippen molar-refractivity contribution < 1.29 is 27.2 Å². The molecule has 3 rings (SSSR count). The Balaban J connectivity index is 1.91. The van der Waals surface area contributed by atoms with E-state index in [2.05, 4.69) is 5.32 Å². The second-order valence-electron chi connectivity index (χ2n) is 7.70. The van der Waals surface area contributed by atoms with E-state index in [-0.39, 0.29) is 37.1 Å². The van der Waals surface area contributed by atoms with Gasteiger partial charge < -0.3 is 16.0 Å². The van der Waals surface area contributed by atoms with Gasteiger partial charge in [0.1, 0.15) is 11.9 Å². The third kappa shape index (κ3) is 5.15. The van der Waals surface area contributed by atoms with Crippen molar-refractivity contribution in [2.45, 2.75) is 31.0 Å². The maximum atomic E-state index is 13.7. The van der Waals surface area contributed by atoms with Crippen LogP contribution in [0.2, 0.25) is 5.02 Å². The molecule has 1 aromatic rings. The Morgan fingerprint density at radius 1 is 1.27 bits per heavy atom. The van der Waals surface area contributed by atoms with Gasteiger partial charge in [0.25, 0.3) is 0 Å². The summed E-state index contributed by atoms with van der Waals surface area (Å²) in [4.78, 5) is 27.3. The van der Waals surface area contributed by atoms with E-state index in [1.165, 1.54) is 28.0 Å². The van der Waals surface area contributed by atoms with Crippen molar-refractivity contribution >= 4 is 23.5 Å². The molecule has 2 aliphatic heterocycles. The fourth-order valence-corrected chi connectivity index (χ4v) is 4.63. The lowest BCUT2D eigenvalue weighted by Crippen LogP contribution is -2.61. The minimum atomic E-state index is -4.29. The number of alkyl halides is 3. The number of benzene rings is 1. The number of amides is 3. The molecule has 6 nitrogen and oxygen atoms in total. The van der Waals surface area contributed by atoms with Gasteiger partial charge in [-0.2, -0.15) is 13.2 Å². The lowest BCUT2D eigenvalue weighted by atomic mass is 9.74. The Morgan fingerprint density at radius 3 is 2.50 bits per heavy atom. The van der Waals surface area contributed by atoms with Crippen molar-refractivity contribution in [2.75, 3.05) is 32.7 Å². The monoisotopic (exact) mass is 450 g/mol. The van der Waals surface area contributed by atoms with E-state index < -0.39 is 42.4 Å². The molecule has 2 atom stereocenters. The number of piperazine rings is 1. The highest BCUT2D eigenvalue weighted by Crippen LogP contribution is 2.39. The van der Waals surface area contributed by atoms with Crippen LogP contribution in [0.25, 0.3) is 0 Å². The molecule has 2 heterocycles. The summed E-state index contributed by atoms with van der Waals surface area (Å²) in [5, 5.41) is 2.59. The average molecular weight is 451 g/mol. The van der Waals surface area contributed by atoms with Crippen molar-refractivity contribution in [2.24, 2.45) is 11.7 Å². The van der Waals surface area contributed by atoms with E-state index in [1.54, 1.807) is 0 Å². The average Bonchev–Trinajstić information content (AvgIpc) is 2.66. The molecule has 0 radical (unpaired) electrons. The minimum Gasteiger partial charge on any atom is -0.353 e. The van der Waals surface area contributed by atoms with Crippen LogP contribution < -0.4 is 11.1 Å². The van der Waals surface area contributed by atoms with Crippen LogP contribution in [0.5, 0.6) is 0 Å². The van der Waals surface area contributed by atoms with Gasteiger partial charge in [0.2, 0.25) is 5.91 Å². The number of primary amides is 1. The number of rotatable bonds is 4. The van der Waals surface area contributed by atoms with E-state index in [1.807, 2.05) is 0 Å². The van der Waals surface area contributed by atoms with E-state index in [9.17, 15) is 27.2 Å². The zero-order valence-corrected chi connectivity index (χ0v) is 16.8. The normalized spacial score (nSPS) is 22.6. The molecule has 11 heteroatoms. The number of carbonyl (C=O) groups excluding carboxylic acids is 2. The number of urea groups is 1. The number of carbonyl (C=O) groups is 2. The van der Waals surface area contributed by atoms with E-state index in [4.69, 9.17) is 17.3 Å². The summed E-state index contributed by atoms with van der Waals surface area (Å²) in [6.45, 7) is -0.144. The standard InChI is InChI=1S/C19H23ClF4N4O2/c20-13-9-12(1-2-14(13)21)15(16-17(29)26-5-8-28(16)18(25)30)11-3-6-27(7-4-11)10-19(22,23)24/h1-2,9,11,15-16H,3-8,10H2,(H2,25,30)(H,26,29)/t15-,16?/m1/s1. The molecule has 166 valence electrons. The number of piperidine rings is 1. The predicted octanol–water partition coefficient (Wildman–Crippen LogP) is 2.72. The van der Waals surface area contributed by atoms with Gasteiger partial charge in [0.15, 0.2) is 0 Å². The molecule has 2 aliphatic rings. The van der Waals surface area contributed by atoms with Gasteiger partial charge in [-0.05, 0) is 49.5 Å². The Kier molecular flexibility index (Phi) is 6.76. The van der Waals surface area contributed by atoms with Crippen molar-refractivity contribution in [3.8, 4) is 0 Å². The number of nitrogens with one attached hydrogen (secondary N) is 1. The van der Waals surface area contributed by atoms with Crippen LogP contribution in [0, 0.1) is 11.7 Å². The number of likely N-dealkylation sites (tertiary alicyclic amines) is 1. The molecule has 0 aliphatic carbocycles. The largest absolute Gasteiger partial charge is 0.401 e. The molecular weight excluding hydrogens is 428 g/mol. The summed E-state index contributed by atoms with van der Waals surface area (Å²) >= 11 is 5.95. The molecule has 1 aromatic carbocycles. The van der Waals surface area contributed by atoms with Gasteiger partial charge >= 0.3 is 12.2 Å². The number of hydrogen-bond donors (Lipinski definition) is 2. The summed E-state index contributed by atoms with van der Waals surface area (Å²) in [6.07, 6.45) is -3.53. The molecule has 2 saturated heterocycles. The number of hydrogen-bond acceptors (Lipinski definition) is 3. The van der Waals surface area contributed by atoms with Crippen LogP contribution in [0.3, 0.4) is 0 Å². The van der Waals surface area contributed by atoms with Crippen LogP contribution in [-0.4, -0.2) is 66.7 Å². The van der Waals surface area contributed by atoms with E-state index in [0.29, 0.717) is 18.4 Å². The third-order valence-electron chi connectivity index (χ3n) is 5.75. The Bertz CT molecular complexity index is 799. The summed E-state index contributed by atoms with van der Waals surface area (Å²) in [5.41, 5.74) is 6.04. The smallest absolute Gasteiger partial charge is 0.353 e. The van der Waals surface area contributed by atoms with Gasteiger partial charge in [0.05, 0.1) is 11.6 Å². The summed E-state index contributed by atoms with van der Waals surface area (Å²) in [6, 6.07) is 2.37. The Morgan fingerprint density at radius 2 is 1.93 bits per heavy atom. The Labute approximate surface area is 176 Å². The predicted molar refractivity (Wildman–Crippen MR) is 102 cm³/mol. The fraction of sp³-hybridized carbons (Fsp3) is 0.579. The first-order valence-corrected chi connectivity index (χ1v) is 10.0. The van der Waals surface area contributed by atoms with Crippen LogP contribution in [0.4, 0.5) is 22.4 Å². The third-order valence-corrected chi connectivity index (χ3v) is 6.04. The van der Waals surface area contributed by atoms with Gasteiger partial charge in [-0.3, -0.25) is 9.69 Å². The van der Waals surface area contributed by atoms with Crippen LogP contribution in [-0.2, 0) is 4.79 Å². The highest BCUT2D eigenvalue weighted by atomic mass is 35.5. The molecule has 3 N–H and O–H groups in total. The second-order valence-corrected chi connectivity index (χ2v) is 8.10. The lowest BCUT2D eigenvalue weighted by Gasteiger charge is -2.44. The zero-order valence-electron chi connectivity index (χ0n) is 16.1. The highest BCUT2D eigenvalue weighted by molar-refractivity contribution is 6.30. The number of nitrogens with two attached hydrogens (primary N) is 1. The number of nitrogens with zero attached hydrogens (tertiary/aromatic N) is 2. The molecule has 0 aromatic heterocycles. The molecule has 0 saturated carbocycles. The highest BCUT2D eigenvalue weighted by Gasteiger charge is 2.44. The SMILES string of the molecule is NC(=O)N1CCNC(=O)C1[C@@H](c1ccc(F)c(Cl)c1)C1CCN(CC(F)(F)F)CC1. The summed E-state index contributed by atoms with van der Waals surface area (Å²) in [5.74, 6) is -1.82. The quantitative estimate of drug-likeness (QED) is 0.692. The van der Waals surface area contributed by atoms with Crippen LogP contribution in [0.1, 0.15) is 24.3 Å². The summed E-state index contributed by atoms with van der Waals surface area (Å²) in [7, 11) is 0. The van der Waals surface area contributed by atoms with Gasteiger partial charge in [-0.25, -0.2) is 9.18 Å². The molecule has 1 unspecified atom stereocenters. The topological polar surface area (TPSA) is 78.7 Å². The number of halogens is 5. The van der Waals surface area contributed by atoms with Gasteiger partial charge in [0, 0.05) is 19.0 Å². The first-order valence-electron chi connectivity index (χ1n) is 9.64. The van der Waals surface area contributed by atoms with Gasteiger partial charge in [-0.1, -0.05) is 17.7 Å². The van der Waals surface area contributed by atoms with Crippen LogP contribution >= 0.6 is 11.6 Å². The molecule has 2 fully saturated rings. The fourth-order valence-electron chi connectivity index (χ4n) is 4.44. The first-order chi connectivity index (χ1) is 14.1. The first kappa shape index (κ1) is 22.6. The molecule has 30 heavy (non-hydrogen) atoms. The summed E-state index contributed by atoms with van der Waals surface area (Å²) < 4.78 is 51.9. The molecule has 0 bridgehead atoms. The van der Waals surface area contributed by atoms with Crippen molar-refractivity contribution in [1.29, 1.82) is 0 Å². The van der Waals surface area contributed by atoms with E-state index >= 15 is 0 Å². The second kappa shape index (κ2) is 8.97. The molecule has 0 spiro atoms. The maximum absolute atomic E-state index is 13.7. The van der Waals surface area contributed by atoms with Crippen LogP contribution in [0.15, 0.2) is 18.2 Å². The van der Waals surface area contributed by atoms with Crippen molar-refractivity contribution in [1.82, 2.24) is 15.1 Å². The zero-order chi connectivity index (χ0) is 22.1. The van der Waals surface area contributed by atoms with E-state index in [0.717, 1.165) is 0 Å². The van der Waals surface area contributed by atoms with Gasteiger partial charge in [-0.15, -0.1) is 0 Å². The maximum Gasteiger partial charge on any atom is 0.401 e. The Hall–Kier alpha value is -2.07. The minimum absolute atomic E-state index is 0.131. The van der Waals surface area contributed by atoms with Crippen molar-refractivity contribution in [3.63, 3.8) is 0 Å². The molecular formula is C19H23ClF4N4O2. The lowest BCUT2D eigenvalue weighted by molar-refractivity contribution is -0.149. The van der Waals surface area contributed by atoms with Crippen molar-refractivity contribution in [3.05, 3.63) is 34.6 Å².